The van der Waals surface area contributed by atoms with Crippen molar-refractivity contribution in [2.45, 2.75) is 65.8 Å². The summed E-state index contributed by atoms with van der Waals surface area (Å²) in [4.78, 5) is 45.9. The minimum atomic E-state index is -0.584. The number of pyridine rings is 2. The number of hydrogen-bond acceptors (Lipinski definition) is 6. The predicted octanol–water partition coefficient (Wildman–Crippen LogP) is 9.64. The van der Waals surface area contributed by atoms with Crippen molar-refractivity contribution >= 4 is 46.0 Å². The number of urea groups is 1. The molecule has 0 radical (unpaired) electrons. The largest absolute Gasteiger partial charge is 0.497 e. The van der Waals surface area contributed by atoms with Gasteiger partial charge >= 0.3 is 12.0 Å². The van der Waals surface area contributed by atoms with Crippen molar-refractivity contribution in [3.05, 3.63) is 111 Å². The number of halogens is 1. The topological polar surface area (TPSA) is 112 Å². The van der Waals surface area contributed by atoms with Gasteiger partial charge in [0, 0.05) is 34.4 Å². The quantitative estimate of drug-likeness (QED) is 0.106. The van der Waals surface area contributed by atoms with Gasteiger partial charge in [0.2, 0.25) is 0 Å². The molecule has 2 aromatic heterocycles. The smallest absolute Gasteiger partial charge is 0.343 e. The average molecular weight is 681 g/mol. The van der Waals surface area contributed by atoms with E-state index in [-0.39, 0.29) is 23.1 Å². The fourth-order valence-electron chi connectivity index (χ4n) is 5.81. The van der Waals surface area contributed by atoms with Crippen molar-refractivity contribution in [3.63, 3.8) is 0 Å². The van der Waals surface area contributed by atoms with Crippen LogP contribution in [0.25, 0.3) is 22.2 Å². The maximum absolute atomic E-state index is 14.3. The van der Waals surface area contributed by atoms with Crippen LogP contribution in [0.15, 0.2) is 83.8 Å². The Labute approximate surface area is 291 Å². The lowest BCUT2D eigenvalue weighted by Crippen LogP contribution is -2.30. The number of hydrogen-bond donors (Lipinski definition) is 2. The number of amides is 2. The van der Waals surface area contributed by atoms with E-state index in [4.69, 9.17) is 21.1 Å². The molecule has 5 rings (SSSR count). The summed E-state index contributed by atoms with van der Waals surface area (Å²) < 4.78 is 12.9. The van der Waals surface area contributed by atoms with Crippen LogP contribution >= 0.6 is 11.6 Å². The lowest BCUT2D eigenvalue weighted by molar-refractivity contribution is 0.0734. The Hall–Kier alpha value is -5.15. The molecule has 2 heterocycles. The lowest BCUT2D eigenvalue weighted by atomic mass is 9.92. The van der Waals surface area contributed by atoms with Gasteiger partial charge in [-0.25, -0.2) is 14.6 Å². The maximum atomic E-state index is 14.3. The first-order valence-electron chi connectivity index (χ1n) is 16.4. The van der Waals surface area contributed by atoms with E-state index < -0.39 is 12.0 Å². The van der Waals surface area contributed by atoms with E-state index in [0.717, 1.165) is 29.4 Å². The summed E-state index contributed by atoms with van der Waals surface area (Å²) >= 11 is 6.10. The number of fused-ring (bicyclic) bond motifs is 1. The van der Waals surface area contributed by atoms with Gasteiger partial charge in [-0.3, -0.25) is 9.36 Å². The molecule has 254 valence electrons. The molecule has 0 atom stereocenters. The van der Waals surface area contributed by atoms with Crippen LogP contribution in [0.3, 0.4) is 0 Å². The van der Waals surface area contributed by atoms with Crippen LogP contribution in [-0.2, 0) is 6.54 Å². The molecular weight excluding hydrogens is 640 g/mol. The highest BCUT2D eigenvalue weighted by Crippen LogP contribution is 2.38. The molecule has 0 aliphatic rings. The van der Waals surface area contributed by atoms with Gasteiger partial charge in [0.15, 0.2) is 0 Å². The minimum absolute atomic E-state index is 0.0528. The summed E-state index contributed by atoms with van der Waals surface area (Å²) in [5.74, 6) is 0.315. The van der Waals surface area contributed by atoms with E-state index in [2.05, 4.69) is 22.5 Å². The number of methoxy groups -OCH3 is 1. The molecule has 10 heteroatoms. The van der Waals surface area contributed by atoms with Crippen LogP contribution < -0.4 is 25.7 Å². The van der Waals surface area contributed by atoms with Gasteiger partial charge < -0.3 is 20.1 Å². The number of benzene rings is 3. The van der Waals surface area contributed by atoms with Crippen molar-refractivity contribution < 1.29 is 19.1 Å². The standard InChI is InChI=1S/C39H41ClN4O5/c1-7-8-18-44-36-30(16-11-17-41-36)33(25-12-10-15-28(20-25)48-6)35(37(44)45)43-39(47)42-34-31(23(2)3)21-29(22-32(34)24(4)5)49-38(46)26-13-9-14-27(40)19-26/h9-17,19-24H,7-8,18H2,1-6H3,(H2,42,43,47). The van der Waals surface area contributed by atoms with E-state index in [9.17, 15) is 14.4 Å². The molecule has 5 aromatic rings. The molecule has 3 aromatic carbocycles. The molecule has 0 unspecified atom stereocenters. The normalized spacial score (nSPS) is 11.2. The zero-order valence-electron chi connectivity index (χ0n) is 28.6. The van der Waals surface area contributed by atoms with Crippen LogP contribution in [-0.4, -0.2) is 28.7 Å². The molecule has 2 N–H and O–H groups in total. The van der Waals surface area contributed by atoms with Crippen molar-refractivity contribution in [1.29, 1.82) is 0 Å². The average Bonchev–Trinajstić information content (AvgIpc) is 3.08. The van der Waals surface area contributed by atoms with Gasteiger partial charge in [-0.2, -0.15) is 0 Å². The molecule has 0 bridgehead atoms. The maximum Gasteiger partial charge on any atom is 0.343 e. The summed E-state index contributed by atoms with van der Waals surface area (Å²) in [6.07, 6.45) is 3.30. The van der Waals surface area contributed by atoms with Gasteiger partial charge in [-0.15, -0.1) is 0 Å². The predicted molar refractivity (Wildman–Crippen MR) is 197 cm³/mol. The Kier molecular flexibility index (Phi) is 11.0. The van der Waals surface area contributed by atoms with Gasteiger partial charge in [-0.05, 0) is 89.5 Å². The van der Waals surface area contributed by atoms with Crippen LogP contribution in [0.5, 0.6) is 11.5 Å². The Bertz CT molecular complexity index is 2040. The highest BCUT2D eigenvalue weighted by atomic mass is 35.5. The van der Waals surface area contributed by atoms with Crippen LogP contribution in [0.4, 0.5) is 16.2 Å². The number of ether oxygens (including phenoxy) is 2. The molecule has 0 fully saturated rings. The minimum Gasteiger partial charge on any atom is -0.497 e. The fraction of sp³-hybridized carbons (Fsp3) is 0.282. The SMILES string of the molecule is CCCCn1c(=O)c(NC(=O)Nc2c(C(C)C)cc(OC(=O)c3cccc(Cl)c3)cc2C(C)C)c(-c2cccc(OC)c2)c2cccnc21. The molecule has 49 heavy (non-hydrogen) atoms. The van der Waals surface area contributed by atoms with E-state index in [1.54, 1.807) is 54.3 Å². The van der Waals surface area contributed by atoms with Crippen LogP contribution in [0, 0.1) is 0 Å². The molecule has 0 aliphatic carbocycles. The Morgan fingerprint density at radius 1 is 0.878 bits per heavy atom. The highest BCUT2D eigenvalue weighted by Gasteiger charge is 2.24. The molecule has 0 saturated carbocycles. The number of nitrogens with zero attached hydrogens (tertiary/aromatic N) is 2. The van der Waals surface area contributed by atoms with E-state index >= 15 is 0 Å². The number of esters is 1. The number of rotatable bonds is 11. The Morgan fingerprint density at radius 3 is 2.22 bits per heavy atom. The number of carbonyl (C=O) groups excluding carboxylic acids is 2. The molecule has 2 amide bonds. The van der Waals surface area contributed by atoms with Crippen LogP contribution in [0.2, 0.25) is 5.02 Å². The summed E-state index contributed by atoms with van der Waals surface area (Å²) in [6.45, 7) is 10.5. The van der Waals surface area contributed by atoms with E-state index in [1.807, 2.05) is 64.1 Å². The summed E-state index contributed by atoms with van der Waals surface area (Å²) in [7, 11) is 1.58. The Balaban J connectivity index is 1.59. The molecule has 0 saturated heterocycles. The third-order valence-electron chi connectivity index (χ3n) is 8.28. The number of carbonyl (C=O) groups is 2. The number of nitrogens with one attached hydrogen (secondary N) is 2. The molecule has 0 aliphatic heterocycles. The van der Waals surface area contributed by atoms with Gasteiger partial charge in [-0.1, -0.05) is 70.8 Å². The van der Waals surface area contributed by atoms with Gasteiger partial charge in [0.25, 0.3) is 5.56 Å². The third kappa shape index (κ3) is 7.78. The second-order valence-corrected chi connectivity index (χ2v) is 12.9. The van der Waals surface area contributed by atoms with Gasteiger partial charge in [0.1, 0.15) is 22.8 Å². The van der Waals surface area contributed by atoms with Crippen molar-refractivity contribution in [1.82, 2.24) is 9.55 Å². The monoisotopic (exact) mass is 680 g/mol. The third-order valence-corrected chi connectivity index (χ3v) is 8.51. The number of anilines is 2. The number of aryl methyl sites for hydroxylation is 1. The molecular formula is C39H41ClN4O5. The fourth-order valence-corrected chi connectivity index (χ4v) is 6.00. The zero-order chi connectivity index (χ0) is 35.2. The first-order valence-corrected chi connectivity index (χ1v) is 16.8. The summed E-state index contributed by atoms with van der Waals surface area (Å²) in [5, 5.41) is 7.13. The highest BCUT2D eigenvalue weighted by molar-refractivity contribution is 6.30. The molecule has 0 spiro atoms. The van der Waals surface area contributed by atoms with E-state index in [0.29, 0.717) is 51.1 Å². The number of aromatic nitrogens is 2. The van der Waals surface area contributed by atoms with Crippen molar-refractivity contribution in [2.75, 3.05) is 17.7 Å². The van der Waals surface area contributed by atoms with Crippen LogP contribution in [0.1, 0.15) is 80.8 Å². The summed E-state index contributed by atoms with van der Waals surface area (Å²) in [5.41, 5.74) is 4.01. The second kappa shape index (κ2) is 15.4. The first kappa shape index (κ1) is 35.2. The first-order chi connectivity index (χ1) is 23.5. The second-order valence-electron chi connectivity index (χ2n) is 12.4. The van der Waals surface area contributed by atoms with Gasteiger partial charge in [0.05, 0.1) is 12.7 Å². The lowest BCUT2D eigenvalue weighted by Gasteiger charge is -2.23. The zero-order valence-corrected chi connectivity index (χ0v) is 29.4. The van der Waals surface area contributed by atoms with E-state index in [1.165, 1.54) is 0 Å². The summed E-state index contributed by atoms with van der Waals surface area (Å²) in [6, 6.07) is 20.6. The van der Waals surface area contributed by atoms with Crippen molar-refractivity contribution in [3.8, 4) is 22.6 Å². The van der Waals surface area contributed by atoms with Crippen molar-refractivity contribution in [2.24, 2.45) is 0 Å². The number of unbranched alkanes of at least 4 members (excludes halogenated alkanes) is 1. The Morgan fingerprint density at radius 2 is 1.57 bits per heavy atom. The molecule has 9 nitrogen and oxygen atoms in total.